The predicted molar refractivity (Wildman–Crippen MR) is 75.6 cm³/mol. The molecule has 1 saturated carbocycles. The number of anilines is 1. The highest BCUT2D eigenvalue weighted by atomic mass is 35.5. The molecule has 1 heterocycles. The fourth-order valence-corrected chi connectivity index (χ4v) is 2.78. The van der Waals surface area contributed by atoms with E-state index >= 15 is 0 Å². The number of halogens is 1. The van der Waals surface area contributed by atoms with Gasteiger partial charge < -0.3 is 10.4 Å². The van der Waals surface area contributed by atoms with Crippen molar-refractivity contribution < 1.29 is 5.11 Å². The first-order valence-corrected chi connectivity index (χ1v) is 7.21. The molecule has 1 aromatic heterocycles. The summed E-state index contributed by atoms with van der Waals surface area (Å²) in [6.07, 6.45) is 7.74. The van der Waals surface area contributed by atoms with Crippen LogP contribution in [0.3, 0.4) is 0 Å². The average molecular weight is 286 g/mol. The van der Waals surface area contributed by atoms with Crippen molar-refractivity contribution in [3.05, 3.63) is 21.6 Å². The number of aliphatic hydroxyl groups excluding tert-OH is 1. The minimum absolute atomic E-state index is 0.140. The third-order valence-corrected chi connectivity index (χ3v) is 4.11. The molecule has 0 spiro atoms. The van der Waals surface area contributed by atoms with E-state index in [1.54, 1.807) is 0 Å². The van der Waals surface area contributed by atoms with Gasteiger partial charge in [0.2, 0.25) is 0 Å². The molecule has 1 aliphatic rings. The lowest BCUT2D eigenvalue weighted by Crippen LogP contribution is -2.24. The van der Waals surface area contributed by atoms with Gasteiger partial charge in [-0.1, -0.05) is 24.4 Å². The molecular weight excluding hydrogens is 266 g/mol. The van der Waals surface area contributed by atoms with Crippen molar-refractivity contribution in [2.24, 2.45) is 5.92 Å². The first-order chi connectivity index (χ1) is 9.18. The molecule has 5 nitrogen and oxygen atoms in total. The molecule has 106 valence electrons. The average Bonchev–Trinajstić information content (AvgIpc) is 2.41. The van der Waals surface area contributed by atoms with Crippen LogP contribution in [0.2, 0.25) is 5.02 Å². The van der Waals surface area contributed by atoms with E-state index in [1.807, 2.05) is 0 Å². The van der Waals surface area contributed by atoms with E-state index in [2.05, 4.69) is 15.5 Å². The third-order valence-electron chi connectivity index (χ3n) is 3.73. The van der Waals surface area contributed by atoms with Gasteiger partial charge in [0.15, 0.2) is 0 Å². The molecule has 0 radical (unpaired) electrons. The number of rotatable bonds is 5. The van der Waals surface area contributed by atoms with Gasteiger partial charge in [-0.2, -0.15) is 5.10 Å². The predicted octanol–water partition coefficient (Wildman–Crippen LogP) is 2.17. The largest absolute Gasteiger partial charge is 0.393 e. The van der Waals surface area contributed by atoms with Crippen molar-refractivity contribution in [2.75, 3.05) is 11.9 Å². The Morgan fingerprint density at radius 1 is 1.47 bits per heavy atom. The summed E-state index contributed by atoms with van der Waals surface area (Å²) >= 11 is 5.86. The molecule has 1 aliphatic carbocycles. The van der Waals surface area contributed by atoms with Crippen molar-refractivity contribution >= 4 is 17.3 Å². The number of aromatic amines is 1. The molecule has 0 aromatic carbocycles. The number of H-pyrrole nitrogens is 1. The van der Waals surface area contributed by atoms with Crippen LogP contribution in [-0.4, -0.2) is 28.0 Å². The Hall–Kier alpha value is -1.07. The van der Waals surface area contributed by atoms with Gasteiger partial charge in [-0.25, -0.2) is 5.10 Å². The Labute approximate surface area is 117 Å². The Balaban J connectivity index is 1.74. The zero-order valence-corrected chi connectivity index (χ0v) is 11.6. The number of nitrogens with zero attached hydrogens (tertiary/aromatic N) is 1. The van der Waals surface area contributed by atoms with Crippen LogP contribution in [0.5, 0.6) is 0 Å². The molecule has 0 aliphatic heterocycles. The molecule has 0 saturated heterocycles. The first-order valence-electron chi connectivity index (χ1n) is 6.83. The second-order valence-corrected chi connectivity index (χ2v) is 5.49. The lowest BCUT2D eigenvalue weighted by atomic mass is 9.83. The maximum Gasteiger partial charge on any atom is 0.285 e. The van der Waals surface area contributed by atoms with Gasteiger partial charge >= 0.3 is 0 Å². The molecule has 2 unspecified atom stereocenters. The number of aliphatic hydroxyl groups is 1. The van der Waals surface area contributed by atoms with Gasteiger partial charge in [0, 0.05) is 6.54 Å². The van der Waals surface area contributed by atoms with Gasteiger partial charge in [0.25, 0.3) is 5.56 Å². The molecule has 3 N–H and O–H groups in total. The molecule has 1 fully saturated rings. The summed E-state index contributed by atoms with van der Waals surface area (Å²) in [5.74, 6) is 0.420. The van der Waals surface area contributed by atoms with Gasteiger partial charge in [-0.15, -0.1) is 0 Å². The van der Waals surface area contributed by atoms with E-state index in [1.165, 1.54) is 12.6 Å². The molecule has 0 amide bonds. The minimum atomic E-state index is -0.380. The maximum atomic E-state index is 11.2. The molecule has 0 bridgehead atoms. The molecule has 1 aromatic rings. The zero-order chi connectivity index (χ0) is 13.7. The fraction of sp³-hybridized carbons (Fsp3) is 0.692. The molecule has 2 rings (SSSR count). The highest BCUT2D eigenvalue weighted by Gasteiger charge is 2.22. The van der Waals surface area contributed by atoms with E-state index in [0.717, 1.165) is 38.6 Å². The van der Waals surface area contributed by atoms with Crippen LogP contribution >= 0.6 is 11.6 Å². The Bertz CT molecular complexity index is 463. The van der Waals surface area contributed by atoms with Crippen molar-refractivity contribution in [3.63, 3.8) is 0 Å². The van der Waals surface area contributed by atoms with E-state index in [4.69, 9.17) is 11.6 Å². The van der Waals surface area contributed by atoms with Crippen molar-refractivity contribution in [2.45, 2.75) is 44.6 Å². The normalized spacial score (nSPS) is 23.3. The topological polar surface area (TPSA) is 78.0 Å². The van der Waals surface area contributed by atoms with E-state index in [0.29, 0.717) is 11.6 Å². The zero-order valence-electron chi connectivity index (χ0n) is 10.9. The third kappa shape index (κ3) is 3.94. The Kier molecular flexibility index (Phi) is 5.22. The first kappa shape index (κ1) is 14.3. The minimum Gasteiger partial charge on any atom is -0.393 e. The van der Waals surface area contributed by atoms with Gasteiger partial charge in [-0.3, -0.25) is 4.79 Å². The van der Waals surface area contributed by atoms with Crippen LogP contribution in [0.25, 0.3) is 0 Å². The van der Waals surface area contributed by atoms with E-state index < -0.39 is 0 Å². The van der Waals surface area contributed by atoms with Crippen molar-refractivity contribution in [3.8, 4) is 0 Å². The molecule has 6 heteroatoms. The summed E-state index contributed by atoms with van der Waals surface area (Å²) in [4.78, 5) is 11.2. The molecule has 19 heavy (non-hydrogen) atoms. The fourth-order valence-electron chi connectivity index (χ4n) is 2.62. The van der Waals surface area contributed by atoms with Crippen LogP contribution in [0.15, 0.2) is 11.0 Å². The summed E-state index contributed by atoms with van der Waals surface area (Å²) in [5, 5.41) is 19.1. The summed E-state index contributed by atoms with van der Waals surface area (Å²) in [6, 6.07) is 0. The van der Waals surface area contributed by atoms with Crippen LogP contribution < -0.4 is 10.9 Å². The number of nitrogens with one attached hydrogen (secondary N) is 2. The van der Waals surface area contributed by atoms with Crippen LogP contribution in [0, 0.1) is 5.92 Å². The van der Waals surface area contributed by atoms with Crippen molar-refractivity contribution in [1.82, 2.24) is 10.2 Å². The Morgan fingerprint density at radius 3 is 3.05 bits per heavy atom. The Morgan fingerprint density at radius 2 is 2.26 bits per heavy atom. The number of hydrogen-bond acceptors (Lipinski definition) is 4. The summed E-state index contributed by atoms with van der Waals surface area (Å²) in [5.41, 5.74) is 0.184. The monoisotopic (exact) mass is 285 g/mol. The second kappa shape index (κ2) is 6.91. The number of aromatic nitrogens is 2. The summed E-state index contributed by atoms with van der Waals surface area (Å²) in [6.45, 7) is 0.730. The van der Waals surface area contributed by atoms with Crippen molar-refractivity contribution in [1.29, 1.82) is 0 Å². The van der Waals surface area contributed by atoms with Crippen LogP contribution in [0.4, 0.5) is 5.69 Å². The molecule has 2 atom stereocenters. The summed E-state index contributed by atoms with van der Waals surface area (Å²) < 4.78 is 0. The van der Waals surface area contributed by atoms with E-state index in [-0.39, 0.29) is 16.7 Å². The summed E-state index contributed by atoms with van der Waals surface area (Å²) in [7, 11) is 0. The SMILES string of the molecule is O=c1[nH]ncc(NCCCC2CCCCC2O)c1Cl. The van der Waals surface area contributed by atoms with Crippen LogP contribution in [0.1, 0.15) is 38.5 Å². The standard InChI is InChI=1S/C13H20ClN3O2/c14-12-10(8-16-17-13(12)19)15-7-3-5-9-4-1-2-6-11(9)18/h8-9,11,18H,1-7H2,(H2,15,17,19). The van der Waals surface area contributed by atoms with Gasteiger partial charge in [-0.05, 0) is 31.6 Å². The lowest BCUT2D eigenvalue weighted by molar-refractivity contribution is 0.0648. The lowest BCUT2D eigenvalue weighted by Gasteiger charge is -2.27. The highest BCUT2D eigenvalue weighted by Crippen LogP contribution is 2.27. The smallest absolute Gasteiger partial charge is 0.285 e. The molecular formula is C13H20ClN3O2. The van der Waals surface area contributed by atoms with Gasteiger partial charge in [0.1, 0.15) is 5.02 Å². The van der Waals surface area contributed by atoms with Gasteiger partial charge in [0.05, 0.1) is 18.0 Å². The highest BCUT2D eigenvalue weighted by molar-refractivity contribution is 6.32. The quantitative estimate of drug-likeness (QED) is 0.725. The van der Waals surface area contributed by atoms with Crippen LogP contribution in [-0.2, 0) is 0 Å². The second-order valence-electron chi connectivity index (χ2n) is 5.11. The number of hydrogen-bond donors (Lipinski definition) is 3. The maximum absolute atomic E-state index is 11.2. The van der Waals surface area contributed by atoms with E-state index in [9.17, 15) is 9.90 Å².